The fourth-order valence-electron chi connectivity index (χ4n) is 3.11. The number of hydrogen-bond donors (Lipinski definition) is 2. The molecular formula is C16H21NO2S. The van der Waals surface area contributed by atoms with Gasteiger partial charge in [-0.25, -0.2) is 0 Å². The van der Waals surface area contributed by atoms with Crippen LogP contribution in [0.3, 0.4) is 0 Å². The van der Waals surface area contributed by atoms with Crippen molar-refractivity contribution in [3.8, 4) is 0 Å². The summed E-state index contributed by atoms with van der Waals surface area (Å²) in [5, 5.41) is 13.3. The lowest BCUT2D eigenvalue weighted by molar-refractivity contribution is -0.137. The van der Waals surface area contributed by atoms with Crippen LogP contribution in [0.2, 0.25) is 0 Å². The molecule has 108 valence electrons. The predicted octanol–water partition coefficient (Wildman–Crippen LogP) is 2.09. The van der Waals surface area contributed by atoms with Gasteiger partial charge in [0.2, 0.25) is 0 Å². The first kappa shape index (κ1) is 14.0. The van der Waals surface area contributed by atoms with E-state index in [0.717, 1.165) is 18.6 Å². The van der Waals surface area contributed by atoms with Crippen LogP contribution in [-0.2, 0) is 10.2 Å². The van der Waals surface area contributed by atoms with Crippen LogP contribution in [0.25, 0.3) is 0 Å². The smallest absolute Gasteiger partial charge is 0.252 e. The standard InChI is InChI=1S/C16H21NO2S/c18-14(16(19)9-10-20-12-16)17-11-15(7-4-8-15)13-5-2-1-3-6-13/h1-3,5-6,19H,4,7-12H2,(H,17,18). The Morgan fingerprint density at radius 1 is 1.25 bits per heavy atom. The van der Waals surface area contributed by atoms with E-state index in [2.05, 4.69) is 29.6 Å². The van der Waals surface area contributed by atoms with Crippen molar-refractivity contribution < 1.29 is 9.90 Å². The summed E-state index contributed by atoms with van der Waals surface area (Å²) >= 11 is 1.65. The van der Waals surface area contributed by atoms with E-state index in [1.54, 1.807) is 11.8 Å². The Morgan fingerprint density at radius 3 is 2.55 bits per heavy atom. The second-order valence-electron chi connectivity index (χ2n) is 6.02. The van der Waals surface area contributed by atoms with Gasteiger partial charge in [0, 0.05) is 17.7 Å². The maximum Gasteiger partial charge on any atom is 0.252 e. The topological polar surface area (TPSA) is 49.3 Å². The predicted molar refractivity (Wildman–Crippen MR) is 81.9 cm³/mol. The molecule has 1 aliphatic heterocycles. The molecule has 1 atom stereocenters. The summed E-state index contributed by atoms with van der Waals surface area (Å²) < 4.78 is 0. The van der Waals surface area contributed by atoms with Crippen molar-refractivity contribution >= 4 is 17.7 Å². The first-order valence-electron chi connectivity index (χ1n) is 7.29. The Labute approximate surface area is 124 Å². The lowest BCUT2D eigenvalue weighted by Gasteiger charge is -2.43. The molecule has 1 saturated heterocycles. The van der Waals surface area contributed by atoms with E-state index in [4.69, 9.17) is 0 Å². The molecule has 4 heteroatoms. The number of nitrogens with one attached hydrogen (secondary N) is 1. The molecule has 20 heavy (non-hydrogen) atoms. The van der Waals surface area contributed by atoms with Crippen LogP contribution >= 0.6 is 11.8 Å². The molecule has 1 unspecified atom stereocenters. The van der Waals surface area contributed by atoms with E-state index in [9.17, 15) is 9.90 Å². The van der Waals surface area contributed by atoms with Gasteiger partial charge in [-0.2, -0.15) is 11.8 Å². The van der Waals surface area contributed by atoms with Gasteiger partial charge in [-0.05, 0) is 30.6 Å². The molecule has 1 aromatic carbocycles. The highest BCUT2D eigenvalue weighted by Crippen LogP contribution is 2.43. The quantitative estimate of drug-likeness (QED) is 0.893. The molecule has 3 nitrogen and oxygen atoms in total. The third-order valence-corrected chi connectivity index (χ3v) is 5.88. The van der Waals surface area contributed by atoms with Gasteiger partial charge in [0.1, 0.15) is 0 Å². The molecule has 0 aromatic heterocycles. The van der Waals surface area contributed by atoms with Gasteiger partial charge in [-0.15, -0.1) is 0 Å². The lowest BCUT2D eigenvalue weighted by Crippen LogP contribution is -2.52. The van der Waals surface area contributed by atoms with Gasteiger partial charge < -0.3 is 10.4 Å². The van der Waals surface area contributed by atoms with Crippen molar-refractivity contribution in [1.82, 2.24) is 5.32 Å². The van der Waals surface area contributed by atoms with E-state index < -0.39 is 5.60 Å². The largest absolute Gasteiger partial charge is 0.379 e. The minimum absolute atomic E-state index is 0.0824. The number of hydrogen-bond acceptors (Lipinski definition) is 3. The van der Waals surface area contributed by atoms with Gasteiger partial charge in [-0.1, -0.05) is 36.8 Å². The maximum atomic E-state index is 12.2. The van der Waals surface area contributed by atoms with E-state index in [0.29, 0.717) is 18.7 Å². The van der Waals surface area contributed by atoms with Gasteiger partial charge >= 0.3 is 0 Å². The molecular weight excluding hydrogens is 270 g/mol. The third-order valence-electron chi connectivity index (χ3n) is 4.71. The van der Waals surface area contributed by atoms with Gasteiger partial charge in [0.25, 0.3) is 5.91 Å². The fraction of sp³-hybridized carbons (Fsp3) is 0.562. The number of benzene rings is 1. The van der Waals surface area contributed by atoms with E-state index >= 15 is 0 Å². The molecule has 1 saturated carbocycles. The Hall–Kier alpha value is -1.00. The summed E-state index contributed by atoms with van der Waals surface area (Å²) in [7, 11) is 0. The maximum absolute atomic E-state index is 12.2. The minimum Gasteiger partial charge on any atom is -0.379 e. The van der Waals surface area contributed by atoms with Crippen LogP contribution in [0, 0.1) is 0 Å². The van der Waals surface area contributed by atoms with Crippen LogP contribution in [0.4, 0.5) is 0 Å². The average Bonchev–Trinajstić information content (AvgIpc) is 2.87. The normalized spacial score (nSPS) is 27.9. The van der Waals surface area contributed by atoms with Crippen molar-refractivity contribution in [2.24, 2.45) is 0 Å². The Bertz CT molecular complexity index is 479. The molecule has 0 radical (unpaired) electrons. The summed E-state index contributed by atoms with van der Waals surface area (Å²) in [4.78, 5) is 12.2. The first-order chi connectivity index (χ1) is 9.65. The molecule has 2 fully saturated rings. The fourth-order valence-corrected chi connectivity index (χ4v) is 4.35. The average molecular weight is 291 g/mol. The second-order valence-corrected chi connectivity index (χ2v) is 7.12. The van der Waals surface area contributed by atoms with Crippen molar-refractivity contribution in [1.29, 1.82) is 0 Å². The molecule has 1 aliphatic carbocycles. The molecule has 0 spiro atoms. The Kier molecular flexibility index (Phi) is 3.78. The highest BCUT2D eigenvalue weighted by molar-refractivity contribution is 7.99. The van der Waals surface area contributed by atoms with Crippen molar-refractivity contribution in [2.75, 3.05) is 18.1 Å². The number of rotatable bonds is 4. The van der Waals surface area contributed by atoms with Gasteiger partial charge in [0.05, 0.1) is 0 Å². The zero-order valence-corrected chi connectivity index (χ0v) is 12.4. The summed E-state index contributed by atoms with van der Waals surface area (Å²) in [5.41, 5.74) is 0.241. The van der Waals surface area contributed by atoms with Gasteiger partial charge in [-0.3, -0.25) is 4.79 Å². The minimum atomic E-state index is -1.15. The number of carbonyl (C=O) groups is 1. The highest BCUT2D eigenvalue weighted by Gasteiger charge is 2.43. The molecule has 1 aromatic rings. The Balaban J connectivity index is 1.66. The zero-order valence-electron chi connectivity index (χ0n) is 11.6. The Morgan fingerprint density at radius 2 is 2.00 bits per heavy atom. The molecule has 3 rings (SSSR count). The second kappa shape index (κ2) is 5.41. The molecule has 1 amide bonds. The van der Waals surface area contributed by atoms with Crippen LogP contribution < -0.4 is 5.32 Å². The number of carbonyl (C=O) groups excluding carboxylic acids is 1. The monoisotopic (exact) mass is 291 g/mol. The highest BCUT2D eigenvalue weighted by atomic mass is 32.2. The third kappa shape index (κ3) is 2.47. The molecule has 0 bridgehead atoms. The molecule has 2 N–H and O–H groups in total. The zero-order chi connectivity index (χ0) is 14.1. The van der Waals surface area contributed by atoms with Crippen molar-refractivity contribution in [3.05, 3.63) is 35.9 Å². The molecule has 2 aliphatic rings. The number of aliphatic hydroxyl groups is 1. The first-order valence-corrected chi connectivity index (χ1v) is 8.44. The van der Waals surface area contributed by atoms with Crippen LogP contribution in [0.1, 0.15) is 31.2 Å². The summed E-state index contributed by atoms with van der Waals surface area (Å²) in [6.07, 6.45) is 4.02. The van der Waals surface area contributed by atoms with Gasteiger partial charge in [0.15, 0.2) is 5.60 Å². The summed E-state index contributed by atoms with van der Waals surface area (Å²) in [5.74, 6) is 1.20. The van der Waals surface area contributed by atoms with Crippen LogP contribution in [0.15, 0.2) is 30.3 Å². The number of thioether (sulfide) groups is 1. The van der Waals surface area contributed by atoms with E-state index in [1.807, 2.05) is 6.07 Å². The molecule has 1 heterocycles. The lowest BCUT2D eigenvalue weighted by atomic mass is 9.64. The van der Waals surface area contributed by atoms with Crippen molar-refractivity contribution in [3.63, 3.8) is 0 Å². The van der Waals surface area contributed by atoms with E-state index in [1.165, 1.54) is 12.0 Å². The summed E-state index contributed by atoms with van der Waals surface area (Å²) in [6, 6.07) is 10.4. The van der Waals surface area contributed by atoms with Crippen molar-refractivity contribution in [2.45, 2.75) is 36.7 Å². The van der Waals surface area contributed by atoms with E-state index in [-0.39, 0.29) is 11.3 Å². The van der Waals surface area contributed by atoms with Crippen LogP contribution in [-0.4, -0.2) is 34.7 Å². The number of amides is 1. The van der Waals surface area contributed by atoms with Crippen LogP contribution in [0.5, 0.6) is 0 Å². The summed E-state index contributed by atoms with van der Waals surface area (Å²) in [6.45, 7) is 0.642. The SMILES string of the molecule is O=C(NCC1(c2ccccc2)CCC1)C1(O)CCSC1.